The van der Waals surface area contributed by atoms with E-state index in [1.807, 2.05) is 50.3 Å². The molecule has 1 atom stereocenters. The van der Waals surface area contributed by atoms with Crippen LogP contribution in [0.4, 0.5) is 5.82 Å². The van der Waals surface area contributed by atoms with Crippen LogP contribution in [0.2, 0.25) is 0 Å². The van der Waals surface area contributed by atoms with E-state index in [2.05, 4.69) is 22.8 Å². The molecule has 0 radical (unpaired) electrons. The number of likely N-dealkylation sites (N-methyl/N-ethyl adjacent to an activating group) is 1. The molecule has 37 heavy (non-hydrogen) atoms. The Balaban J connectivity index is 1.83. The summed E-state index contributed by atoms with van der Waals surface area (Å²) in [6.07, 6.45) is 2.60. The topological polar surface area (TPSA) is 72.6 Å². The van der Waals surface area contributed by atoms with Crippen LogP contribution >= 0.6 is 24.0 Å². The maximum absolute atomic E-state index is 13.6. The maximum atomic E-state index is 13.6. The number of piperazine rings is 1. The molecular formula is C28H33N5O2S2. The Hall–Kier alpha value is -2.93. The lowest BCUT2D eigenvalue weighted by molar-refractivity contribution is -0.123. The zero-order valence-corrected chi connectivity index (χ0v) is 23.5. The van der Waals surface area contributed by atoms with Crippen molar-refractivity contribution in [2.75, 3.05) is 37.6 Å². The lowest BCUT2D eigenvalue weighted by atomic mass is 10.0. The molecule has 1 unspecified atom stereocenters. The van der Waals surface area contributed by atoms with Gasteiger partial charge in [-0.25, -0.2) is 0 Å². The van der Waals surface area contributed by atoms with Gasteiger partial charge >= 0.3 is 0 Å². The zero-order chi connectivity index (χ0) is 26.7. The van der Waals surface area contributed by atoms with Gasteiger partial charge in [-0.05, 0) is 44.0 Å². The van der Waals surface area contributed by atoms with Crippen molar-refractivity contribution in [1.82, 2.24) is 14.4 Å². The fourth-order valence-electron chi connectivity index (χ4n) is 5.02. The van der Waals surface area contributed by atoms with Crippen LogP contribution in [0.1, 0.15) is 55.5 Å². The summed E-state index contributed by atoms with van der Waals surface area (Å²) in [6, 6.07) is 11.8. The molecule has 2 aliphatic heterocycles. The van der Waals surface area contributed by atoms with Gasteiger partial charge in [-0.15, -0.1) is 0 Å². The molecule has 194 valence electrons. The number of carbonyl (C=O) groups is 1. The molecule has 2 aromatic rings. The fraction of sp³-hybridized carbons (Fsp3) is 0.429. The van der Waals surface area contributed by atoms with E-state index >= 15 is 0 Å². The van der Waals surface area contributed by atoms with Crippen LogP contribution in [-0.4, -0.2) is 57.3 Å². The van der Waals surface area contributed by atoms with Crippen molar-refractivity contribution in [2.24, 2.45) is 0 Å². The number of anilines is 1. The number of aromatic nitrogens is 1. The van der Waals surface area contributed by atoms with Crippen molar-refractivity contribution in [1.29, 1.82) is 5.26 Å². The van der Waals surface area contributed by atoms with E-state index in [1.54, 1.807) is 16.4 Å². The van der Waals surface area contributed by atoms with Crippen LogP contribution in [0.5, 0.6) is 0 Å². The molecule has 0 bridgehead atoms. The van der Waals surface area contributed by atoms with E-state index in [0.717, 1.165) is 56.1 Å². The second-order valence-electron chi connectivity index (χ2n) is 9.37. The highest BCUT2D eigenvalue weighted by atomic mass is 32.2. The van der Waals surface area contributed by atoms with Crippen LogP contribution in [0.15, 0.2) is 40.0 Å². The average molecular weight is 536 g/mol. The third-order valence-corrected chi connectivity index (χ3v) is 8.51. The first kappa shape index (κ1) is 27.1. The molecule has 1 amide bonds. The predicted molar refractivity (Wildman–Crippen MR) is 155 cm³/mol. The van der Waals surface area contributed by atoms with Crippen molar-refractivity contribution in [3.8, 4) is 6.07 Å². The van der Waals surface area contributed by atoms with Gasteiger partial charge in [0.1, 0.15) is 21.8 Å². The minimum atomic E-state index is -0.267. The molecule has 1 aromatic heterocycles. The lowest BCUT2D eigenvalue weighted by Gasteiger charge is -2.37. The summed E-state index contributed by atoms with van der Waals surface area (Å²) in [5, 5.41) is 9.87. The fourth-order valence-corrected chi connectivity index (χ4v) is 6.42. The minimum Gasteiger partial charge on any atom is -0.355 e. The molecule has 9 heteroatoms. The zero-order valence-electron chi connectivity index (χ0n) is 21.9. The first-order valence-corrected chi connectivity index (χ1v) is 14.0. The van der Waals surface area contributed by atoms with Crippen LogP contribution in [0.3, 0.4) is 0 Å². The second-order valence-corrected chi connectivity index (χ2v) is 11.0. The van der Waals surface area contributed by atoms with Gasteiger partial charge < -0.3 is 9.80 Å². The molecular weight excluding hydrogens is 502 g/mol. The Kier molecular flexibility index (Phi) is 8.53. The predicted octanol–water partition coefficient (Wildman–Crippen LogP) is 4.54. The molecule has 4 rings (SSSR count). The lowest BCUT2D eigenvalue weighted by Crippen LogP contribution is -2.48. The van der Waals surface area contributed by atoms with E-state index in [1.165, 1.54) is 11.8 Å². The summed E-state index contributed by atoms with van der Waals surface area (Å²) in [4.78, 5) is 33.8. The van der Waals surface area contributed by atoms with E-state index in [0.29, 0.717) is 21.3 Å². The van der Waals surface area contributed by atoms with Crippen LogP contribution in [-0.2, 0) is 11.3 Å². The summed E-state index contributed by atoms with van der Waals surface area (Å²) in [7, 11) is 0. The van der Waals surface area contributed by atoms with E-state index < -0.39 is 0 Å². The highest BCUT2D eigenvalue weighted by molar-refractivity contribution is 8.26. The van der Waals surface area contributed by atoms with Crippen molar-refractivity contribution in [3.05, 3.63) is 67.8 Å². The standard InChI is InChI=1S/C28H33N5O2S2/c1-5-12-32-25(31-15-13-30(6-2)14-16-31)22(19(3)23(18-29)26(32)34)17-24-27(35)33(28(36)37-24)20(4)21-10-8-7-9-11-21/h7-11,17,20H,5-6,12-16H2,1-4H3/b24-17+. The van der Waals surface area contributed by atoms with E-state index in [9.17, 15) is 14.9 Å². The van der Waals surface area contributed by atoms with Gasteiger partial charge in [-0.3, -0.25) is 19.1 Å². The first-order valence-electron chi connectivity index (χ1n) is 12.8. The second kappa shape index (κ2) is 11.6. The van der Waals surface area contributed by atoms with Crippen LogP contribution in [0.25, 0.3) is 6.08 Å². The van der Waals surface area contributed by atoms with Crippen LogP contribution in [0, 0.1) is 18.3 Å². The Bertz CT molecular complexity index is 1320. The molecule has 1 aromatic carbocycles. The quantitative estimate of drug-likeness (QED) is 0.381. The highest BCUT2D eigenvalue weighted by Gasteiger charge is 2.37. The Labute approximate surface area is 228 Å². The summed E-state index contributed by atoms with van der Waals surface area (Å²) < 4.78 is 2.23. The number of rotatable bonds is 7. The molecule has 2 saturated heterocycles. The number of hydrogen-bond donors (Lipinski definition) is 0. The van der Waals surface area contributed by atoms with Gasteiger partial charge in [0.2, 0.25) is 0 Å². The van der Waals surface area contributed by atoms with Crippen LogP contribution < -0.4 is 10.5 Å². The molecule has 2 fully saturated rings. The molecule has 0 spiro atoms. The average Bonchev–Trinajstić information content (AvgIpc) is 3.19. The van der Waals surface area contributed by atoms with E-state index in [4.69, 9.17) is 12.2 Å². The monoisotopic (exact) mass is 535 g/mol. The maximum Gasteiger partial charge on any atom is 0.270 e. The Morgan fingerprint density at radius 2 is 1.81 bits per heavy atom. The highest BCUT2D eigenvalue weighted by Crippen LogP contribution is 2.39. The van der Waals surface area contributed by atoms with Gasteiger partial charge in [-0.1, -0.05) is 68.2 Å². The number of nitrogens with zero attached hydrogens (tertiary/aromatic N) is 5. The van der Waals surface area contributed by atoms with Gasteiger partial charge in [0.15, 0.2) is 0 Å². The normalized spacial score (nSPS) is 18.5. The Morgan fingerprint density at radius 3 is 2.41 bits per heavy atom. The number of pyridine rings is 1. The molecule has 0 aliphatic carbocycles. The summed E-state index contributed by atoms with van der Waals surface area (Å²) in [6.45, 7) is 12.8. The van der Waals surface area contributed by atoms with E-state index in [-0.39, 0.29) is 23.1 Å². The SMILES string of the molecule is CCCn1c(N2CCN(CC)CC2)c(/C=C2/SC(=S)N(C(C)c3ccccc3)C2=O)c(C)c(C#N)c1=O. The minimum absolute atomic E-state index is 0.128. The third-order valence-electron chi connectivity index (χ3n) is 7.18. The van der Waals surface area contributed by atoms with Crippen molar-refractivity contribution in [2.45, 2.75) is 46.7 Å². The molecule has 3 heterocycles. The number of hydrogen-bond acceptors (Lipinski definition) is 7. The van der Waals surface area contributed by atoms with Gasteiger partial charge in [0, 0.05) is 38.3 Å². The first-order chi connectivity index (χ1) is 17.8. The van der Waals surface area contributed by atoms with Gasteiger partial charge in [-0.2, -0.15) is 5.26 Å². The van der Waals surface area contributed by atoms with Crippen molar-refractivity contribution < 1.29 is 4.79 Å². The van der Waals surface area contributed by atoms with Crippen molar-refractivity contribution >= 4 is 46.1 Å². The largest absolute Gasteiger partial charge is 0.355 e. The smallest absolute Gasteiger partial charge is 0.270 e. The number of thiocarbonyl (C=S) groups is 1. The summed E-state index contributed by atoms with van der Waals surface area (Å²) in [5.74, 6) is 0.639. The molecule has 2 aliphatic rings. The van der Waals surface area contributed by atoms with Gasteiger partial charge in [0.25, 0.3) is 11.5 Å². The Morgan fingerprint density at radius 1 is 1.14 bits per heavy atom. The number of nitriles is 1. The molecule has 0 saturated carbocycles. The van der Waals surface area contributed by atoms with Crippen molar-refractivity contribution in [3.63, 3.8) is 0 Å². The number of benzene rings is 1. The molecule has 0 N–H and O–H groups in total. The number of carbonyl (C=O) groups excluding carboxylic acids is 1. The molecule has 7 nitrogen and oxygen atoms in total. The number of thioether (sulfide) groups is 1. The third kappa shape index (κ3) is 5.24. The van der Waals surface area contributed by atoms with Gasteiger partial charge in [0.05, 0.1) is 10.9 Å². The summed E-state index contributed by atoms with van der Waals surface area (Å²) >= 11 is 6.92. The summed E-state index contributed by atoms with van der Waals surface area (Å²) in [5.41, 5.74) is 2.23. The number of amides is 1.